The SMILES string of the molecule is [Br][Mg][CH2]CCc1ccc2ccccc2c1. The molecule has 0 saturated carbocycles. The second-order valence-corrected chi connectivity index (χ2v) is 7.29. The van der Waals surface area contributed by atoms with Crippen LogP contribution in [-0.4, -0.2) is 18.2 Å². The maximum absolute atomic E-state index is 3.60. The molecule has 0 spiro atoms. The van der Waals surface area contributed by atoms with Crippen molar-refractivity contribution < 1.29 is 0 Å². The maximum atomic E-state index is 3.60. The number of fused-ring (bicyclic) bond motifs is 1. The molecule has 15 heavy (non-hydrogen) atoms. The number of rotatable bonds is 4. The van der Waals surface area contributed by atoms with Crippen LogP contribution in [0.15, 0.2) is 42.5 Å². The van der Waals surface area contributed by atoms with E-state index in [4.69, 9.17) is 0 Å². The molecular weight excluding hydrogens is 260 g/mol. The molecule has 2 rings (SSSR count). The van der Waals surface area contributed by atoms with Gasteiger partial charge in [-0.15, -0.1) is 4.55 Å². The van der Waals surface area contributed by atoms with Crippen LogP contribution < -0.4 is 0 Å². The van der Waals surface area contributed by atoms with Crippen molar-refractivity contribution in [1.29, 1.82) is 0 Å². The Labute approximate surface area is 107 Å². The van der Waals surface area contributed by atoms with E-state index in [-0.39, 0.29) is 18.2 Å². The average molecular weight is 273 g/mol. The lowest BCUT2D eigenvalue weighted by Gasteiger charge is -2.02. The molecule has 0 bridgehead atoms. The van der Waals surface area contributed by atoms with E-state index in [1.54, 1.807) is 0 Å². The Morgan fingerprint density at radius 2 is 1.80 bits per heavy atom. The Balaban J connectivity index is 2.16. The summed E-state index contributed by atoms with van der Waals surface area (Å²) in [6.07, 6.45) is 2.55. The molecule has 0 amide bonds. The summed E-state index contributed by atoms with van der Waals surface area (Å²) in [6.45, 7) is 0. The second kappa shape index (κ2) is 5.88. The lowest BCUT2D eigenvalue weighted by molar-refractivity contribution is 0.920. The summed E-state index contributed by atoms with van der Waals surface area (Å²) in [7, 11) is 0. The normalized spacial score (nSPS) is 10.2. The van der Waals surface area contributed by atoms with E-state index in [1.165, 1.54) is 33.7 Å². The second-order valence-electron chi connectivity index (χ2n) is 3.83. The van der Waals surface area contributed by atoms with Gasteiger partial charge in [-0.3, -0.25) is 0 Å². The summed E-state index contributed by atoms with van der Waals surface area (Å²) in [4.78, 5) is 0. The zero-order chi connectivity index (χ0) is 10.5. The third-order valence-corrected chi connectivity index (χ3v) is 5.11. The molecule has 2 aromatic rings. The number of aryl methyl sites for hydroxylation is 1. The number of halogens is 1. The van der Waals surface area contributed by atoms with Crippen LogP contribution in [0.1, 0.15) is 12.0 Å². The van der Waals surface area contributed by atoms with E-state index in [0.717, 1.165) is 0 Å². The van der Waals surface area contributed by atoms with Crippen LogP contribution in [-0.2, 0) is 6.42 Å². The summed E-state index contributed by atoms with van der Waals surface area (Å²) in [5, 5.41) is 2.71. The van der Waals surface area contributed by atoms with Crippen molar-refractivity contribution in [1.82, 2.24) is 0 Å². The highest BCUT2D eigenvalue weighted by atomic mass is 79.9. The Bertz CT molecular complexity index is 439. The van der Waals surface area contributed by atoms with Gasteiger partial charge in [-0.25, -0.2) is 0 Å². The van der Waals surface area contributed by atoms with Crippen molar-refractivity contribution in [3.05, 3.63) is 48.0 Å². The molecule has 0 N–H and O–H groups in total. The smallest absolute Gasteiger partial charge is 0.307 e. The van der Waals surface area contributed by atoms with Crippen molar-refractivity contribution in [3.8, 4) is 0 Å². The Morgan fingerprint density at radius 3 is 2.60 bits per heavy atom. The molecular formula is C13H13BrMg. The predicted molar refractivity (Wildman–Crippen MR) is 71.8 cm³/mol. The van der Waals surface area contributed by atoms with Gasteiger partial charge in [0.25, 0.3) is 0 Å². The number of hydrogen-bond acceptors (Lipinski definition) is 0. The summed E-state index contributed by atoms with van der Waals surface area (Å²) in [5.74, 6) is 0. The summed E-state index contributed by atoms with van der Waals surface area (Å²) in [5.41, 5.74) is 1.48. The molecule has 0 nitrogen and oxygen atoms in total. The molecule has 0 unspecified atom stereocenters. The summed E-state index contributed by atoms with van der Waals surface area (Å²) in [6, 6.07) is 15.4. The van der Waals surface area contributed by atoms with Gasteiger partial charge >= 0.3 is 18.2 Å². The quantitative estimate of drug-likeness (QED) is 0.578. The van der Waals surface area contributed by atoms with E-state index in [9.17, 15) is 0 Å². The molecule has 0 saturated heterocycles. The fourth-order valence-electron chi connectivity index (χ4n) is 1.82. The Hall–Kier alpha value is -0.0538. The van der Waals surface area contributed by atoms with Gasteiger partial charge in [-0.05, 0) is 22.8 Å². The first-order valence-electron chi connectivity index (χ1n) is 5.44. The van der Waals surface area contributed by atoms with Crippen molar-refractivity contribution in [2.24, 2.45) is 0 Å². The molecule has 0 aromatic heterocycles. The molecule has 0 aliphatic rings. The fraction of sp³-hybridized carbons (Fsp3) is 0.231. The fourth-order valence-corrected chi connectivity index (χ4v) is 3.45. The topological polar surface area (TPSA) is 0 Å². The maximum Gasteiger partial charge on any atom is 0.468 e. The van der Waals surface area contributed by atoms with E-state index >= 15 is 0 Å². The highest BCUT2D eigenvalue weighted by Crippen LogP contribution is 2.17. The third-order valence-electron chi connectivity index (χ3n) is 2.66. The van der Waals surface area contributed by atoms with E-state index in [0.29, 0.717) is 0 Å². The standard InChI is InChI=1S/C13H13.BrH.Mg/c1-2-5-11-8-9-12-6-3-4-7-13(12)10-11;;/h3-4,6-10H,1-2,5H2;1H;/q;;+1/p-1. The van der Waals surface area contributed by atoms with Crippen LogP contribution in [0.4, 0.5) is 0 Å². The minimum Gasteiger partial charge on any atom is -0.307 e. The first kappa shape index (κ1) is 11.4. The van der Waals surface area contributed by atoms with E-state index in [1.807, 2.05) is 0 Å². The highest BCUT2D eigenvalue weighted by molar-refractivity contribution is 9.23. The molecule has 0 radical (unpaired) electrons. The van der Waals surface area contributed by atoms with Crippen molar-refractivity contribution >= 4 is 41.8 Å². The first-order valence-corrected chi connectivity index (χ1v) is 10.3. The highest BCUT2D eigenvalue weighted by Gasteiger charge is 1.96. The zero-order valence-corrected chi connectivity index (χ0v) is 11.7. The molecule has 0 fully saturated rings. The van der Waals surface area contributed by atoms with E-state index in [2.05, 4.69) is 55.3 Å². The molecule has 2 heteroatoms. The molecule has 0 aliphatic carbocycles. The zero-order valence-electron chi connectivity index (χ0n) is 8.75. The van der Waals surface area contributed by atoms with Gasteiger partial charge in [0.05, 0.1) is 0 Å². The molecule has 0 atom stereocenters. The van der Waals surface area contributed by atoms with Crippen molar-refractivity contribution in [3.63, 3.8) is 0 Å². The average Bonchev–Trinajstić information content (AvgIpc) is 2.29. The van der Waals surface area contributed by atoms with Gasteiger partial charge in [0, 0.05) is 0 Å². The van der Waals surface area contributed by atoms with Gasteiger partial charge in [-0.1, -0.05) is 48.9 Å². The largest absolute Gasteiger partial charge is 0.468 e. The van der Waals surface area contributed by atoms with Crippen LogP contribution in [0.3, 0.4) is 0 Å². The van der Waals surface area contributed by atoms with Crippen LogP contribution >= 0.6 is 12.9 Å². The lowest BCUT2D eigenvalue weighted by Crippen LogP contribution is -1.86. The van der Waals surface area contributed by atoms with Gasteiger partial charge in [-0.2, -0.15) is 0 Å². The Kier molecular flexibility index (Phi) is 4.48. The summed E-state index contributed by atoms with van der Waals surface area (Å²) >= 11 is 3.67. The number of benzene rings is 2. The predicted octanol–water partition coefficient (Wildman–Crippen LogP) is 4.20. The molecule has 2 aromatic carbocycles. The van der Waals surface area contributed by atoms with E-state index < -0.39 is 0 Å². The van der Waals surface area contributed by atoms with Crippen LogP contribution in [0.2, 0.25) is 4.55 Å². The van der Waals surface area contributed by atoms with Crippen LogP contribution in [0.5, 0.6) is 0 Å². The van der Waals surface area contributed by atoms with Gasteiger partial charge in [0.1, 0.15) is 0 Å². The minimum absolute atomic E-state index is 0.0695. The van der Waals surface area contributed by atoms with Crippen molar-refractivity contribution in [2.75, 3.05) is 0 Å². The van der Waals surface area contributed by atoms with Gasteiger partial charge in [0.2, 0.25) is 0 Å². The molecule has 0 aliphatic heterocycles. The molecule has 74 valence electrons. The van der Waals surface area contributed by atoms with Crippen LogP contribution in [0.25, 0.3) is 10.8 Å². The number of hydrogen-bond donors (Lipinski definition) is 0. The van der Waals surface area contributed by atoms with Crippen molar-refractivity contribution in [2.45, 2.75) is 17.4 Å². The van der Waals surface area contributed by atoms with Crippen LogP contribution in [0, 0.1) is 0 Å². The van der Waals surface area contributed by atoms with Gasteiger partial charge < -0.3 is 12.9 Å². The lowest BCUT2D eigenvalue weighted by atomic mass is 10.0. The Morgan fingerprint density at radius 1 is 1.00 bits per heavy atom. The van der Waals surface area contributed by atoms with Gasteiger partial charge in [0.15, 0.2) is 0 Å². The minimum atomic E-state index is 0.0695. The molecule has 0 heterocycles. The third kappa shape index (κ3) is 3.20. The summed E-state index contributed by atoms with van der Waals surface area (Å²) < 4.78 is 1.40. The first-order chi connectivity index (χ1) is 7.40. The monoisotopic (exact) mass is 272 g/mol.